The van der Waals surface area contributed by atoms with E-state index in [1.165, 1.54) is 4.90 Å². The minimum atomic E-state index is -0.519. The Labute approximate surface area is 95.9 Å². The van der Waals surface area contributed by atoms with E-state index < -0.39 is 6.10 Å². The maximum absolute atomic E-state index is 9.01. The maximum Gasteiger partial charge on any atom is 0.111 e. The molecule has 0 aromatic heterocycles. The molecule has 0 aliphatic carbocycles. The average molecular weight is 220 g/mol. The van der Waals surface area contributed by atoms with Gasteiger partial charge in [-0.3, -0.25) is 0 Å². The van der Waals surface area contributed by atoms with Gasteiger partial charge in [0.25, 0.3) is 0 Å². The summed E-state index contributed by atoms with van der Waals surface area (Å²) in [7, 11) is 0. The second-order valence-corrected chi connectivity index (χ2v) is 4.58. The SMILES string of the molecule is CC(O)C#CC(C)CSc1ccccc1. The molecule has 0 aliphatic rings. The first kappa shape index (κ1) is 12.2. The van der Waals surface area contributed by atoms with Crippen LogP contribution in [0.5, 0.6) is 0 Å². The zero-order valence-corrected chi connectivity index (χ0v) is 9.92. The molecule has 0 radical (unpaired) electrons. The summed E-state index contributed by atoms with van der Waals surface area (Å²) < 4.78 is 0. The highest BCUT2D eigenvalue weighted by Gasteiger charge is 1.99. The second kappa shape index (κ2) is 6.55. The zero-order chi connectivity index (χ0) is 11.1. The fraction of sp³-hybridized carbons (Fsp3) is 0.385. The molecule has 2 heteroatoms. The lowest BCUT2D eigenvalue weighted by atomic mass is 10.2. The fourth-order valence-corrected chi connectivity index (χ4v) is 1.92. The van der Waals surface area contributed by atoms with Gasteiger partial charge < -0.3 is 5.11 Å². The number of hydrogen-bond donors (Lipinski definition) is 1. The Bertz CT molecular complexity index is 335. The normalized spacial score (nSPS) is 13.8. The van der Waals surface area contributed by atoms with Crippen molar-refractivity contribution >= 4 is 11.8 Å². The molecule has 1 aromatic carbocycles. The number of thioether (sulfide) groups is 1. The maximum atomic E-state index is 9.01. The molecule has 0 heterocycles. The molecule has 1 rings (SSSR count). The Kier molecular flexibility index (Phi) is 5.31. The Balaban J connectivity index is 2.36. The van der Waals surface area contributed by atoms with Crippen molar-refractivity contribution in [2.45, 2.75) is 24.8 Å². The van der Waals surface area contributed by atoms with Crippen LogP contribution in [-0.2, 0) is 0 Å². The average Bonchev–Trinajstić information content (AvgIpc) is 2.25. The lowest BCUT2D eigenvalue weighted by Gasteiger charge is -2.03. The Hall–Kier alpha value is -0.910. The van der Waals surface area contributed by atoms with Crippen LogP contribution in [0, 0.1) is 17.8 Å². The van der Waals surface area contributed by atoms with E-state index in [9.17, 15) is 0 Å². The number of benzene rings is 1. The molecule has 2 atom stereocenters. The van der Waals surface area contributed by atoms with Gasteiger partial charge in [0, 0.05) is 16.6 Å². The van der Waals surface area contributed by atoms with E-state index >= 15 is 0 Å². The molecular weight excluding hydrogens is 204 g/mol. The lowest BCUT2D eigenvalue weighted by molar-refractivity contribution is 0.253. The molecule has 0 aliphatic heterocycles. The van der Waals surface area contributed by atoms with Crippen molar-refractivity contribution in [1.29, 1.82) is 0 Å². The predicted octanol–water partition coefficient (Wildman–Crippen LogP) is 2.80. The summed E-state index contributed by atoms with van der Waals surface area (Å²) in [6, 6.07) is 10.3. The largest absolute Gasteiger partial charge is 0.381 e. The van der Waals surface area contributed by atoms with Gasteiger partial charge >= 0.3 is 0 Å². The third-order valence-corrected chi connectivity index (χ3v) is 3.05. The van der Waals surface area contributed by atoms with Gasteiger partial charge in [-0.05, 0) is 19.1 Å². The summed E-state index contributed by atoms with van der Waals surface area (Å²) in [6.45, 7) is 3.76. The number of aliphatic hydroxyl groups is 1. The first-order chi connectivity index (χ1) is 7.18. The van der Waals surface area contributed by atoms with Crippen LogP contribution >= 0.6 is 11.8 Å². The summed E-state index contributed by atoms with van der Waals surface area (Å²) in [4.78, 5) is 1.27. The van der Waals surface area contributed by atoms with Gasteiger partial charge in [-0.1, -0.05) is 37.0 Å². The van der Waals surface area contributed by atoms with E-state index in [4.69, 9.17) is 5.11 Å². The Morgan fingerprint density at radius 1 is 1.20 bits per heavy atom. The van der Waals surface area contributed by atoms with Gasteiger partial charge in [0.05, 0.1) is 0 Å². The number of hydrogen-bond acceptors (Lipinski definition) is 2. The lowest BCUT2D eigenvalue weighted by Crippen LogP contribution is -1.98. The third kappa shape index (κ3) is 5.51. The van der Waals surface area contributed by atoms with Crippen LogP contribution in [0.15, 0.2) is 35.2 Å². The van der Waals surface area contributed by atoms with E-state index in [0.29, 0.717) is 5.92 Å². The first-order valence-electron chi connectivity index (χ1n) is 5.05. The molecule has 2 unspecified atom stereocenters. The summed E-state index contributed by atoms with van der Waals surface area (Å²) in [5.74, 6) is 7.08. The summed E-state index contributed by atoms with van der Waals surface area (Å²) in [5.41, 5.74) is 0. The van der Waals surface area contributed by atoms with Gasteiger partial charge in [0.1, 0.15) is 6.10 Å². The monoisotopic (exact) mass is 220 g/mol. The van der Waals surface area contributed by atoms with Gasteiger partial charge in [-0.25, -0.2) is 0 Å². The number of rotatable bonds is 3. The van der Waals surface area contributed by atoms with E-state index in [2.05, 4.69) is 30.9 Å². The van der Waals surface area contributed by atoms with Gasteiger partial charge in [0.15, 0.2) is 0 Å². The van der Waals surface area contributed by atoms with Crippen molar-refractivity contribution in [2.24, 2.45) is 5.92 Å². The van der Waals surface area contributed by atoms with Gasteiger partial charge in [-0.2, -0.15) is 0 Å². The number of aliphatic hydroxyl groups excluding tert-OH is 1. The molecule has 80 valence electrons. The highest BCUT2D eigenvalue weighted by atomic mass is 32.2. The van der Waals surface area contributed by atoms with Gasteiger partial charge in [-0.15, -0.1) is 11.8 Å². The van der Waals surface area contributed by atoms with E-state index in [1.54, 1.807) is 18.7 Å². The summed E-state index contributed by atoms with van der Waals surface area (Å²) >= 11 is 1.80. The van der Waals surface area contributed by atoms with Crippen LogP contribution in [0.1, 0.15) is 13.8 Å². The highest BCUT2D eigenvalue weighted by Crippen LogP contribution is 2.19. The zero-order valence-electron chi connectivity index (χ0n) is 9.10. The van der Waals surface area contributed by atoms with Crippen LogP contribution < -0.4 is 0 Å². The van der Waals surface area contributed by atoms with Crippen molar-refractivity contribution in [3.05, 3.63) is 30.3 Å². The molecule has 0 fully saturated rings. The first-order valence-corrected chi connectivity index (χ1v) is 6.04. The molecule has 1 N–H and O–H groups in total. The van der Waals surface area contributed by atoms with E-state index in [1.807, 2.05) is 18.2 Å². The molecule has 0 spiro atoms. The van der Waals surface area contributed by atoms with Crippen LogP contribution in [0.2, 0.25) is 0 Å². The van der Waals surface area contributed by atoms with E-state index in [0.717, 1.165) is 5.75 Å². The van der Waals surface area contributed by atoms with Crippen molar-refractivity contribution < 1.29 is 5.11 Å². The topological polar surface area (TPSA) is 20.2 Å². The molecule has 0 amide bonds. The van der Waals surface area contributed by atoms with Crippen molar-refractivity contribution in [3.8, 4) is 11.8 Å². The highest BCUT2D eigenvalue weighted by molar-refractivity contribution is 7.99. The van der Waals surface area contributed by atoms with Crippen LogP contribution in [0.25, 0.3) is 0 Å². The molecule has 1 aromatic rings. The Morgan fingerprint density at radius 2 is 1.87 bits per heavy atom. The predicted molar refractivity (Wildman–Crippen MR) is 65.8 cm³/mol. The molecular formula is C13H16OS. The second-order valence-electron chi connectivity index (χ2n) is 3.49. The Morgan fingerprint density at radius 3 is 2.47 bits per heavy atom. The molecule has 1 nitrogen and oxygen atoms in total. The summed E-state index contributed by atoms with van der Waals surface area (Å²) in [5, 5.41) is 9.01. The third-order valence-electron chi connectivity index (χ3n) is 1.78. The molecule has 0 saturated carbocycles. The molecule has 0 bridgehead atoms. The van der Waals surface area contributed by atoms with Crippen LogP contribution in [-0.4, -0.2) is 17.0 Å². The quantitative estimate of drug-likeness (QED) is 0.624. The standard InChI is InChI=1S/C13H16OS/c1-11(8-9-12(2)14)10-15-13-6-4-3-5-7-13/h3-7,11-12,14H,10H2,1-2H3. The van der Waals surface area contributed by atoms with Crippen LogP contribution in [0.3, 0.4) is 0 Å². The van der Waals surface area contributed by atoms with Crippen molar-refractivity contribution in [3.63, 3.8) is 0 Å². The fourth-order valence-electron chi connectivity index (χ4n) is 1.04. The van der Waals surface area contributed by atoms with Crippen molar-refractivity contribution in [2.75, 3.05) is 5.75 Å². The summed E-state index contributed by atoms with van der Waals surface area (Å²) in [6.07, 6.45) is -0.519. The van der Waals surface area contributed by atoms with E-state index in [-0.39, 0.29) is 0 Å². The van der Waals surface area contributed by atoms with Gasteiger partial charge in [0.2, 0.25) is 0 Å². The minimum Gasteiger partial charge on any atom is -0.381 e. The molecule has 0 saturated heterocycles. The van der Waals surface area contributed by atoms with Crippen LogP contribution in [0.4, 0.5) is 0 Å². The van der Waals surface area contributed by atoms with Crippen molar-refractivity contribution in [1.82, 2.24) is 0 Å². The molecule has 15 heavy (non-hydrogen) atoms. The minimum absolute atomic E-state index is 0.310. The smallest absolute Gasteiger partial charge is 0.111 e.